The van der Waals surface area contributed by atoms with Gasteiger partial charge in [-0.25, -0.2) is 9.97 Å². The van der Waals surface area contributed by atoms with Gasteiger partial charge in [0.05, 0.1) is 6.54 Å². The van der Waals surface area contributed by atoms with Gasteiger partial charge in [0.15, 0.2) is 5.65 Å². The lowest BCUT2D eigenvalue weighted by Gasteiger charge is -2.05. The van der Waals surface area contributed by atoms with E-state index in [1.807, 2.05) is 34.9 Å². The Bertz CT molecular complexity index is 643. The van der Waals surface area contributed by atoms with Crippen LogP contribution in [0.1, 0.15) is 5.56 Å². The predicted molar refractivity (Wildman–Crippen MR) is 67.5 cm³/mol. The van der Waals surface area contributed by atoms with Crippen LogP contribution in [0.2, 0.25) is 0 Å². The van der Waals surface area contributed by atoms with Crippen molar-refractivity contribution in [3.05, 3.63) is 54.2 Å². The molecule has 0 aliphatic heterocycles. The summed E-state index contributed by atoms with van der Waals surface area (Å²) >= 11 is 0. The Hall–Kier alpha value is -2.36. The van der Waals surface area contributed by atoms with Crippen LogP contribution in [0.15, 0.2) is 48.7 Å². The molecule has 0 unspecified atom stereocenters. The molecular formula is C13H12N4. The third-order valence-corrected chi connectivity index (χ3v) is 2.72. The molecule has 2 heterocycles. The molecule has 4 nitrogen and oxygen atoms in total. The molecule has 2 N–H and O–H groups in total. The van der Waals surface area contributed by atoms with Gasteiger partial charge in [-0.2, -0.15) is 0 Å². The molecule has 1 aromatic carbocycles. The summed E-state index contributed by atoms with van der Waals surface area (Å²) in [6.45, 7) is 0.695. The van der Waals surface area contributed by atoms with Crippen molar-refractivity contribution in [1.29, 1.82) is 0 Å². The molecule has 3 rings (SSSR count). The summed E-state index contributed by atoms with van der Waals surface area (Å²) < 4.78 is 1.92. The van der Waals surface area contributed by atoms with Gasteiger partial charge in [0.25, 0.3) is 0 Å². The third kappa shape index (κ3) is 1.73. The summed E-state index contributed by atoms with van der Waals surface area (Å²) in [5, 5.41) is 0. The molecule has 0 spiro atoms. The Balaban J connectivity index is 2.08. The Kier molecular flexibility index (Phi) is 2.26. The highest BCUT2D eigenvalue weighted by atomic mass is 15.2. The van der Waals surface area contributed by atoms with Crippen LogP contribution in [-0.4, -0.2) is 14.5 Å². The average molecular weight is 224 g/mol. The maximum Gasteiger partial charge on any atom is 0.202 e. The minimum atomic E-state index is 0.502. The summed E-state index contributed by atoms with van der Waals surface area (Å²) in [5.74, 6) is 0.502. The molecule has 0 atom stereocenters. The van der Waals surface area contributed by atoms with Crippen LogP contribution in [-0.2, 0) is 6.54 Å². The molecule has 2 aromatic heterocycles. The van der Waals surface area contributed by atoms with E-state index in [1.165, 1.54) is 5.56 Å². The van der Waals surface area contributed by atoms with Gasteiger partial charge in [-0.3, -0.25) is 4.57 Å². The summed E-state index contributed by atoms with van der Waals surface area (Å²) in [5.41, 5.74) is 8.76. The molecule has 0 aliphatic rings. The van der Waals surface area contributed by atoms with E-state index in [2.05, 4.69) is 22.1 Å². The molecule has 0 aliphatic carbocycles. The second-order valence-corrected chi connectivity index (χ2v) is 3.89. The number of aromatic nitrogens is 3. The second-order valence-electron chi connectivity index (χ2n) is 3.89. The average Bonchev–Trinajstić information content (AvgIpc) is 2.68. The number of imidazole rings is 1. The molecule has 0 saturated heterocycles. The predicted octanol–water partition coefficient (Wildman–Crippen LogP) is 2.06. The van der Waals surface area contributed by atoms with E-state index in [0.717, 1.165) is 11.2 Å². The summed E-state index contributed by atoms with van der Waals surface area (Å²) in [6, 6.07) is 13.9. The lowest BCUT2D eigenvalue weighted by Crippen LogP contribution is -2.05. The van der Waals surface area contributed by atoms with Gasteiger partial charge in [0, 0.05) is 6.20 Å². The Morgan fingerprint density at radius 3 is 2.71 bits per heavy atom. The second kappa shape index (κ2) is 3.90. The number of fused-ring (bicyclic) bond motifs is 1. The molecule has 17 heavy (non-hydrogen) atoms. The molecule has 4 heteroatoms. The van der Waals surface area contributed by atoms with Gasteiger partial charge in [-0.1, -0.05) is 30.3 Å². The fourth-order valence-corrected chi connectivity index (χ4v) is 1.90. The maximum absolute atomic E-state index is 5.91. The number of hydrogen-bond donors (Lipinski definition) is 1. The smallest absolute Gasteiger partial charge is 0.202 e. The number of nitrogens with two attached hydrogens (primary N) is 1. The molecular weight excluding hydrogens is 212 g/mol. The van der Waals surface area contributed by atoms with Gasteiger partial charge in [-0.05, 0) is 17.7 Å². The van der Waals surface area contributed by atoms with Crippen LogP contribution in [0.25, 0.3) is 11.2 Å². The number of benzene rings is 1. The SMILES string of the molecule is Nc1nc2cccnc2n1Cc1ccccc1. The highest BCUT2D eigenvalue weighted by Gasteiger charge is 2.08. The highest BCUT2D eigenvalue weighted by molar-refractivity contribution is 5.73. The molecule has 0 radical (unpaired) electrons. The van der Waals surface area contributed by atoms with Crippen LogP contribution >= 0.6 is 0 Å². The Labute approximate surface area is 98.7 Å². The highest BCUT2D eigenvalue weighted by Crippen LogP contribution is 2.16. The Morgan fingerprint density at radius 1 is 1.06 bits per heavy atom. The quantitative estimate of drug-likeness (QED) is 0.724. The zero-order chi connectivity index (χ0) is 11.7. The summed E-state index contributed by atoms with van der Waals surface area (Å²) in [7, 11) is 0. The van der Waals surface area contributed by atoms with E-state index in [-0.39, 0.29) is 0 Å². The van der Waals surface area contributed by atoms with E-state index < -0.39 is 0 Å². The van der Waals surface area contributed by atoms with Crippen molar-refractivity contribution < 1.29 is 0 Å². The monoisotopic (exact) mass is 224 g/mol. The number of nitrogen functional groups attached to an aromatic ring is 1. The van der Waals surface area contributed by atoms with Gasteiger partial charge in [0.1, 0.15) is 5.52 Å². The molecule has 0 amide bonds. The number of rotatable bonds is 2. The fraction of sp³-hybridized carbons (Fsp3) is 0.0769. The van der Waals surface area contributed by atoms with Crippen molar-refractivity contribution in [1.82, 2.24) is 14.5 Å². The topological polar surface area (TPSA) is 56.7 Å². The van der Waals surface area contributed by atoms with E-state index in [9.17, 15) is 0 Å². The normalized spacial score (nSPS) is 10.8. The van der Waals surface area contributed by atoms with E-state index >= 15 is 0 Å². The largest absolute Gasteiger partial charge is 0.369 e. The minimum absolute atomic E-state index is 0.502. The van der Waals surface area contributed by atoms with Crippen molar-refractivity contribution in [3.8, 4) is 0 Å². The molecule has 3 aromatic rings. The zero-order valence-corrected chi connectivity index (χ0v) is 9.24. The lowest BCUT2D eigenvalue weighted by molar-refractivity contribution is 0.828. The first-order chi connectivity index (χ1) is 8.34. The Morgan fingerprint density at radius 2 is 1.88 bits per heavy atom. The molecule has 0 fully saturated rings. The van der Waals surface area contributed by atoms with Crippen LogP contribution in [0, 0.1) is 0 Å². The van der Waals surface area contributed by atoms with Crippen LogP contribution in [0.4, 0.5) is 5.95 Å². The van der Waals surface area contributed by atoms with Crippen LogP contribution in [0.3, 0.4) is 0 Å². The maximum atomic E-state index is 5.91. The van der Waals surface area contributed by atoms with Crippen molar-refractivity contribution in [2.24, 2.45) is 0 Å². The third-order valence-electron chi connectivity index (χ3n) is 2.72. The van der Waals surface area contributed by atoms with Gasteiger partial charge in [-0.15, -0.1) is 0 Å². The first-order valence-corrected chi connectivity index (χ1v) is 5.45. The molecule has 0 bridgehead atoms. The fourth-order valence-electron chi connectivity index (χ4n) is 1.90. The first-order valence-electron chi connectivity index (χ1n) is 5.45. The van der Waals surface area contributed by atoms with Crippen molar-refractivity contribution in [2.75, 3.05) is 5.73 Å². The standard InChI is InChI=1S/C13H12N4/c14-13-16-11-7-4-8-15-12(11)17(13)9-10-5-2-1-3-6-10/h1-8H,9H2,(H2,14,16). The number of hydrogen-bond acceptors (Lipinski definition) is 3. The first kappa shape index (κ1) is 9.84. The van der Waals surface area contributed by atoms with Crippen molar-refractivity contribution >= 4 is 17.1 Å². The van der Waals surface area contributed by atoms with Gasteiger partial charge < -0.3 is 5.73 Å². The lowest BCUT2D eigenvalue weighted by atomic mass is 10.2. The number of nitrogens with zero attached hydrogens (tertiary/aromatic N) is 3. The summed E-state index contributed by atoms with van der Waals surface area (Å²) in [4.78, 5) is 8.61. The number of pyridine rings is 1. The van der Waals surface area contributed by atoms with E-state index in [1.54, 1.807) is 6.20 Å². The van der Waals surface area contributed by atoms with Crippen LogP contribution in [0.5, 0.6) is 0 Å². The van der Waals surface area contributed by atoms with Crippen LogP contribution < -0.4 is 5.73 Å². The van der Waals surface area contributed by atoms with Crippen molar-refractivity contribution in [3.63, 3.8) is 0 Å². The molecule has 84 valence electrons. The summed E-state index contributed by atoms with van der Waals surface area (Å²) in [6.07, 6.45) is 1.75. The van der Waals surface area contributed by atoms with Gasteiger partial charge >= 0.3 is 0 Å². The zero-order valence-electron chi connectivity index (χ0n) is 9.24. The number of anilines is 1. The van der Waals surface area contributed by atoms with Gasteiger partial charge in [0.2, 0.25) is 5.95 Å². The van der Waals surface area contributed by atoms with E-state index in [0.29, 0.717) is 12.5 Å². The minimum Gasteiger partial charge on any atom is -0.369 e. The van der Waals surface area contributed by atoms with Crippen molar-refractivity contribution in [2.45, 2.75) is 6.54 Å². The van der Waals surface area contributed by atoms with E-state index in [4.69, 9.17) is 5.73 Å². The molecule has 0 saturated carbocycles.